The van der Waals surface area contributed by atoms with Gasteiger partial charge in [-0.2, -0.15) is 6.07 Å². The van der Waals surface area contributed by atoms with E-state index in [1.165, 1.54) is 27.8 Å². The molecule has 69 heavy (non-hydrogen) atoms. The fourth-order valence-corrected chi connectivity index (χ4v) is 9.40. The largest absolute Gasteiger partial charge is 0.509 e. The van der Waals surface area contributed by atoms with E-state index in [1.54, 1.807) is 0 Å². The molecule has 0 bridgehead atoms. The van der Waals surface area contributed by atoms with Gasteiger partial charge in [0, 0.05) is 61.3 Å². The van der Waals surface area contributed by atoms with Crippen LogP contribution in [0, 0.1) is 18.8 Å². The zero-order valence-electron chi connectivity index (χ0n) is 41.7. The van der Waals surface area contributed by atoms with E-state index in [0.29, 0.717) is 11.5 Å². The topological polar surface area (TPSA) is 33.5 Å². The van der Waals surface area contributed by atoms with Gasteiger partial charge in [-0.1, -0.05) is 173 Å². The minimum atomic E-state index is -0.370. The summed E-state index contributed by atoms with van der Waals surface area (Å²) in [4.78, 5) is 9.55. The maximum Gasteiger partial charge on any atom is 0.135 e. The van der Waals surface area contributed by atoms with Crippen LogP contribution in [0.5, 0.6) is 11.5 Å². The van der Waals surface area contributed by atoms with Crippen molar-refractivity contribution < 1.29 is 25.8 Å². The van der Waals surface area contributed by atoms with Gasteiger partial charge in [0.15, 0.2) is 0 Å². The van der Waals surface area contributed by atoms with Gasteiger partial charge >= 0.3 is 0 Å². The molecule has 0 N–H and O–H groups in total. The molecule has 352 valence electrons. The summed E-state index contributed by atoms with van der Waals surface area (Å²) < 4.78 is 9.26. The monoisotopic (exact) mass is 1080 g/mol. The Morgan fingerprint density at radius 1 is 0.478 bits per heavy atom. The van der Waals surface area contributed by atoms with E-state index in [-0.39, 0.29) is 42.7 Å². The van der Waals surface area contributed by atoms with Gasteiger partial charge in [-0.15, -0.1) is 53.6 Å². The van der Waals surface area contributed by atoms with E-state index in [0.717, 1.165) is 61.5 Å². The number of anilines is 4. The van der Waals surface area contributed by atoms with Crippen LogP contribution in [0.1, 0.15) is 104 Å². The Labute approximate surface area is 424 Å². The van der Waals surface area contributed by atoms with Crippen LogP contribution in [0.3, 0.4) is 0 Å². The maximum absolute atomic E-state index is 7.03. The predicted octanol–water partition coefficient (Wildman–Crippen LogP) is 16.9. The van der Waals surface area contributed by atoms with E-state index in [2.05, 4.69) is 261 Å². The summed E-state index contributed by atoms with van der Waals surface area (Å²) >= 11 is 0. The number of nitrogens with zero attached hydrogens (tertiary/aromatic N) is 4. The van der Waals surface area contributed by atoms with Crippen LogP contribution in [-0.4, -0.2) is 9.55 Å². The molecule has 0 spiro atoms. The number of pyridine rings is 1. The van der Waals surface area contributed by atoms with Gasteiger partial charge in [0.05, 0.1) is 0 Å². The molecular formula is C63H61N4OPt-3. The van der Waals surface area contributed by atoms with Gasteiger partial charge in [0.1, 0.15) is 5.82 Å². The van der Waals surface area contributed by atoms with Crippen molar-refractivity contribution in [2.75, 3.05) is 9.80 Å². The average molecular weight is 1090 g/mol. The zero-order chi connectivity index (χ0) is 47.8. The van der Waals surface area contributed by atoms with Crippen LogP contribution in [-0.2, 0) is 42.7 Å². The van der Waals surface area contributed by atoms with Gasteiger partial charge in [0.25, 0.3) is 0 Å². The smallest absolute Gasteiger partial charge is 0.135 e. The summed E-state index contributed by atoms with van der Waals surface area (Å²) in [6.45, 7) is 27.1. The number of ether oxygens (including phenoxy) is 1. The van der Waals surface area contributed by atoms with Crippen molar-refractivity contribution in [3.05, 3.63) is 211 Å². The molecule has 9 aromatic rings. The summed E-state index contributed by atoms with van der Waals surface area (Å²) in [7, 11) is 0. The Bertz CT molecular complexity index is 3310. The van der Waals surface area contributed by atoms with E-state index in [4.69, 9.17) is 9.72 Å². The molecule has 0 unspecified atom stereocenters. The number of hydrogen-bond donors (Lipinski definition) is 0. The third-order valence-corrected chi connectivity index (χ3v) is 13.7. The van der Waals surface area contributed by atoms with Crippen LogP contribution in [0.4, 0.5) is 22.7 Å². The second-order valence-electron chi connectivity index (χ2n) is 22.0. The SMILES string of the molecule is CC(C)(C)c1ccc(N2[CH-]N(c3[c-]c(Oc4[c-]c5c(cc4)c4cc(-c6ccccc6)ccc4n5-c4cc(C(C)(C)C)ccn4)cc(C(C)(C)c4ccccc4)c3)c3ccc(C(C)(C)C)cc32)cc1.[Pt]. The van der Waals surface area contributed by atoms with Crippen molar-refractivity contribution in [2.24, 2.45) is 0 Å². The molecule has 0 saturated heterocycles. The number of hydrogen-bond acceptors (Lipinski definition) is 4. The second kappa shape index (κ2) is 17.8. The first-order valence-corrected chi connectivity index (χ1v) is 23.9. The summed E-state index contributed by atoms with van der Waals surface area (Å²) in [5, 5.41) is 2.20. The molecule has 0 amide bonds. The molecule has 1 aliphatic heterocycles. The standard InChI is InChI=1S/C63H61N4O.Pt/c1-60(2,3)44-23-26-49(27-24-44)65-41-66(56-31-25-46(37-58(56)65)61(4,5)6)50-35-48(63(10,11)45-20-16-13-17-21-45)36-52(39-50)68-51-28-29-53-54-34-43(42-18-14-12-15-19-42)22-30-55(54)67(57(53)40-51)59-38-47(32-33-64-59)62(7,8)9;/h12-38,41H,1-11H3;/q-3;. The first-order valence-electron chi connectivity index (χ1n) is 23.9. The van der Waals surface area contributed by atoms with Gasteiger partial charge in [-0.05, 0) is 103 Å². The molecule has 0 atom stereocenters. The minimum Gasteiger partial charge on any atom is -0.509 e. The quantitative estimate of drug-likeness (QED) is 0.142. The molecule has 7 aromatic carbocycles. The molecule has 0 aliphatic carbocycles. The second-order valence-corrected chi connectivity index (χ2v) is 22.0. The predicted molar refractivity (Wildman–Crippen MR) is 284 cm³/mol. The Balaban J connectivity index is 0.00000593. The third-order valence-electron chi connectivity index (χ3n) is 13.7. The number of rotatable bonds is 8. The molecule has 5 nitrogen and oxygen atoms in total. The van der Waals surface area contributed by atoms with Crippen LogP contribution >= 0.6 is 0 Å². The number of fused-ring (bicyclic) bond motifs is 4. The Kier molecular flexibility index (Phi) is 12.3. The molecule has 10 rings (SSSR count). The van der Waals surface area contributed by atoms with Gasteiger partial charge < -0.3 is 19.1 Å². The van der Waals surface area contributed by atoms with Crippen LogP contribution in [0.25, 0.3) is 38.8 Å². The normalized spacial score (nSPS) is 13.2. The van der Waals surface area contributed by atoms with Crippen LogP contribution in [0.15, 0.2) is 164 Å². The molecule has 0 radical (unpaired) electrons. The van der Waals surface area contributed by atoms with Gasteiger partial charge in [0.2, 0.25) is 0 Å². The molecular weight excluding hydrogens is 1020 g/mol. The third kappa shape index (κ3) is 9.15. The number of benzene rings is 7. The molecule has 3 heterocycles. The van der Waals surface area contributed by atoms with Crippen molar-refractivity contribution in [2.45, 2.75) is 97.8 Å². The van der Waals surface area contributed by atoms with E-state index < -0.39 is 0 Å². The maximum atomic E-state index is 7.03. The van der Waals surface area contributed by atoms with Crippen molar-refractivity contribution in [3.8, 4) is 28.4 Å². The van der Waals surface area contributed by atoms with Gasteiger partial charge in [-0.25, -0.2) is 4.98 Å². The summed E-state index contributed by atoms with van der Waals surface area (Å²) in [6.07, 6.45) is 1.92. The van der Waals surface area contributed by atoms with Crippen molar-refractivity contribution in [3.63, 3.8) is 0 Å². The van der Waals surface area contributed by atoms with E-state index in [9.17, 15) is 0 Å². The minimum absolute atomic E-state index is 0. The van der Waals surface area contributed by atoms with Gasteiger partial charge in [-0.3, -0.25) is 0 Å². The zero-order valence-corrected chi connectivity index (χ0v) is 44.0. The fourth-order valence-electron chi connectivity index (χ4n) is 9.40. The van der Waals surface area contributed by atoms with Crippen molar-refractivity contribution >= 4 is 44.6 Å². The molecule has 0 saturated carbocycles. The Morgan fingerprint density at radius 3 is 1.81 bits per heavy atom. The van der Waals surface area contributed by atoms with E-state index >= 15 is 0 Å². The Morgan fingerprint density at radius 2 is 1.13 bits per heavy atom. The molecule has 0 fully saturated rings. The molecule has 6 heteroatoms. The van der Waals surface area contributed by atoms with Crippen LogP contribution < -0.4 is 14.5 Å². The molecule has 2 aromatic heterocycles. The fraction of sp³-hybridized carbons (Fsp3) is 0.238. The summed E-state index contributed by atoms with van der Waals surface area (Å²) in [5.74, 6) is 2.04. The number of aromatic nitrogens is 2. The van der Waals surface area contributed by atoms with Crippen molar-refractivity contribution in [1.82, 2.24) is 9.55 Å². The van der Waals surface area contributed by atoms with E-state index in [1.807, 2.05) is 12.3 Å². The first-order chi connectivity index (χ1) is 32.3. The summed E-state index contributed by atoms with van der Waals surface area (Å²) in [6, 6.07) is 64.3. The van der Waals surface area contributed by atoms with Crippen LogP contribution in [0.2, 0.25) is 0 Å². The molecule has 1 aliphatic rings. The summed E-state index contributed by atoms with van der Waals surface area (Å²) in [5.41, 5.74) is 14.1. The Hall–Kier alpha value is -6.42. The average Bonchev–Trinajstić information content (AvgIpc) is 3.86. The first kappa shape index (κ1) is 47.6. The van der Waals surface area contributed by atoms with Crippen molar-refractivity contribution in [1.29, 1.82) is 0 Å².